The van der Waals surface area contributed by atoms with Gasteiger partial charge in [-0.05, 0) is 31.0 Å². The lowest BCUT2D eigenvalue weighted by Gasteiger charge is -2.14. The van der Waals surface area contributed by atoms with Gasteiger partial charge in [0.15, 0.2) is 0 Å². The van der Waals surface area contributed by atoms with Crippen LogP contribution in [0.1, 0.15) is 34.3 Å². The zero-order valence-electron chi connectivity index (χ0n) is 15.6. The fourth-order valence-corrected chi connectivity index (χ4v) is 2.60. The van der Waals surface area contributed by atoms with E-state index in [-0.39, 0.29) is 37.7 Å². The smallest absolute Gasteiger partial charge is 0.352 e. The molecule has 0 unspecified atom stereocenters. The van der Waals surface area contributed by atoms with Gasteiger partial charge in [0.25, 0.3) is 17.2 Å². The predicted molar refractivity (Wildman–Crippen MR) is 95.4 cm³/mol. The Hall–Kier alpha value is -3.38. The fraction of sp³-hybridized carbons (Fsp3) is 0.333. The van der Waals surface area contributed by atoms with Gasteiger partial charge in [-0.1, -0.05) is 0 Å². The van der Waals surface area contributed by atoms with Crippen molar-refractivity contribution in [1.29, 1.82) is 0 Å². The summed E-state index contributed by atoms with van der Waals surface area (Å²) in [6.07, 6.45) is -8.62. The quantitative estimate of drug-likeness (QED) is 0.298. The third-order valence-corrected chi connectivity index (χ3v) is 4.14. The Bertz CT molecular complexity index is 998. The molecule has 1 aromatic carbocycles. The average Bonchev–Trinajstić information content (AvgIpc) is 2.67. The molecule has 0 radical (unpaired) electrons. The molecule has 0 spiro atoms. The van der Waals surface area contributed by atoms with Crippen molar-refractivity contribution in [2.75, 3.05) is 6.54 Å². The van der Waals surface area contributed by atoms with Crippen LogP contribution in [-0.4, -0.2) is 21.9 Å². The lowest BCUT2D eigenvalue weighted by molar-refractivity contribution is -0.385. The number of carbonyl (C=O) groups excluding carboxylic acids is 1. The molecule has 0 bridgehead atoms. The van der Waals surface area contributed by atoms with Crippen molar-refractivity contribution in [3.8, 4) is 0 Å². The molecule has 7 nitrogen and oxygen atoms in total. The minimum atomic E-state index is -5.07. The highest BCUT2D eigenvalue weighted by Gasteiger charge is 2.37. The van der Waals surface area contributed by atoms with Crippen LogP contribution in [0.4, 0.5) is 32.0 Å². The Balaban J connectivity index is 2.00. The van der Waals surface area contributed by atoms with Crippen LogP contribution in [0, 0.1) is 10.1 Å². The second kappa shape index (κ2) is 9.18. The number of pyridine rings is 1. The Morgan fingerprint density at radius 1 is 1.00 bits per heavy atom. The molecule has 1 heterocycles. The molecule has 0 aliphatic carbocycles. The summed E-state index contributed by atoms with van der Waals surface area (Å²) in [6.45, 7) is -0.0295. The maximum Gasteiger partial charge on any atom is 0.416 e. The van der Waals surface area contributed by atoms with Crippen molar-refractivity contribution in [1.82, 2.24) is 9.88 Å². The molecule has 31 heavy (non-hydrogen) atoms. The van der Waals surface area contributed by atoms with E-state index in [1.165, 1.54) is 0 Å². The SMILES string of the molecule is O=C(NCCCCn1cc([N+](=O)[O-])ccc1=O)c1cc(C(F)(F)F)cc(C(F)(F)F)c1. The molecule has 0 saturated carbocycles. The summed E-state index contributed by atoms with van der Waals surface area (Å²) in [5.74, 6) is -1.12. The largest absolute Gasteiger partial charge is 0.416 e. The van der Waals surface area contributed by atoms with Crippen LogP contribution in [0.25, 0.3) is 0 Å². The summed E-state index contributed by atoms with van der Waals surface area (Å²) in [7, 11) is 0. The monoisotopic (exact) mass is 451 g/mol. The van der Waals surface area contributed by atoms with Crippen LogP contribution in [0.2, 0.25) is 0 Å². The fourth-order valence-electron chi connectivity index (χ4n) is 2.60. The maximum atomic E-state index is 12.9. The van der Waals surface area contributed by atoms with Crippen molar-refractivity contribution in [2.45, 2.75) is 31.7 Å². The number of alkyl halides is 6. The summed E-state index contributed by atoms with van der Waals surface area (Å²) in [6, 6.07) is 2.64. The minimum absolute atomic E-state index is 0.0676. The number of hydrogen-bond donors (Lipinski definition) is 1. The number of rotatable bonds is 7. The molecular weight excluding hydrogens is 436 g/mol. The molecule has 0 aliphatic heterocycles. The van der Waals surface area contributed by atoms with E-state index in [1.54, 1.807) is 0 Å². The Kier molecular flexibility index (Phi) is 7.08. The summed E-state index contributed by atoms with van der Waals surface area (Å²) in [4.78, 5) is 33.7. The summed E-state index contributed by atoms with van der Waals surface area (Å²) < 4.78 is 78.2. The molecule has 13 heteroatoms. The molecule has 2 rings (SSSR count). The normalized spacial score (nSPS) is 11.9. The number of amides is 1. The molecule has 0 aliphatic rings. The topological polar surface area (TPSA) is 94.2 Å². The predicted octanol–water partition coefficient (Wildman–Crippen LogP) is 4.00. The number of unbranched alkanes of at least 4 members (excludes halogenated alkanes) is 1. The van der Waals surface area contributed by atoms with Crippen molar-refractivity contribution < 1.29 is 36.1 Å². The van der Waals surface area contributed by atoms with E-state index in [4.69, 9.17) is 0 Å². The first-order valence-corrected chi connectivity index (χ1v) is 8.71. The molecule has 0 saturated heterocycles. The first-order chi connectivity index (χ1) is 14.3. The molecule has 0 fully saturated rings. The van der Waals surface area contributed by atoms with E-state index >= 15 is 0 Å². The van der Waals surface area contributed by atoms with Gasteiger partial charge in [0.2, 0.25) is 0 Å². The van der Waals surface area contributed by atoms with Gasteiger partial charge in [-0.3, -0.25) is 19.7 Å². The summed E-state index contributed by atoms with van der Waals surface area (Å²) in [5.41, 5.74) is -4.77. The van der Waals surface area contributed by atoms with Crippen LogP contribution in [0.5, 0.6) is 0 Å². The zero-order chi connectivity index (χ0) is 23.4. The van der Waals surface area contributed by atoms with E-state index in [0.29, 0.717) is 12.1 Å². The number of nitrogens with zero attached hydrogens (tertiary/aromatic N) is 2. The van der Waals surface area contributed by atoms with Crippen LogP contribution in [0.3, 0.4) is 0 Å². The van der Waals surface area contributed by atoms with Gasteiger partial charge in [0, 0.05) is 30.8 Å². The zero-order valence-corrected chi connectivity index (χ0v) is 15.6. The Labute approximate surface area is 170 Å². The highest BCUT2D eigenvalue weighted by molar-refractivity contribution is 5.94. The number of nitro groups is 1. The number of benzene rings is 1. The first kappa shape index (κ1) is 23.9. The highest BCUT2D eigenvalue weighted by Crippen LogP contribution is 2.36. The molecule has 2 aromatic rings. The summed E-state index contributed by atoms with van der Waals surface area (Å²) >= 11 is 0. The second-order valence-electron chi connectivity index (χ2n) is 6.43. The molecule has 168 valence electrons. The van der Waals surface area contributed by atoms with Crippen molar-refractivity contribution in [2.24, 2.45) is 0 Å². The average molecular weight is 451 g/mol. The second-order valence-corrected chi connectivity index (χ2v) is 6.43. The van der Waals surface area contributed by atoms with Crippen LogP contribution < -0.4 is 10.9 Å². The first-order valence-electron chi connectivity index (χ1n) is 8.71. The third-order valence-electron chi connectivity index (χ3n) is 4.14. The molecule has 1 amide bonds. The van der Waals surface area contributed by atoms with Crippen molar-refractivity contribution in [3.05, 3.63) is 73.7 Å². The number of carbonyl (C=O) groups is 1. The van der Waals surface area contributed by atoms with Crippen LogP contribution >= 0.6 is 0 Å². The van der Waals surface area contributed by atoms with E-state index in [0.717, 1.165) is 22.9 Å². The number of aromatic nitrogens is 1. The molecule has 1 aromatic heterocycles. The van der Waals surface area contributed by atoms with Gasteiger partial charge < -0.3 is 9.88 Å². The van der Waals surface area contributed by atoms with Gasteiger partial charge in [0.05, 0.1) is 22.2 Å². The van der Waals surface area contributed by atoms with Crippen LogP contribution in [-0.2, 0) is 18.9 Å². The third kappa shape index (κ3) is 6.55. The van der Waals surface area contributed by atoms with Gasteiger partial charge in [-0.2, -0.15) is 26.3 Å². The van der Waals surface area contributed by atoms with Crippen molar-refractivity contribution >= 4 is 11.6 Å². The maximum absolute atomic E-state index is 12.9. The number of hydrogen-bond acceptors (Lipinski definition) is 4. The van der Waals surface area contributed by atoms with Gasteiger partial charge in [-0.15, -0.1) is 0 Å². The number of aryl methyl sites for hydroxylation is 1. The Morgan fingerprint density at radius 2 is 1.58 bits per heavy atom. The molecule has 0 atom stereocenters. The van der Waals surface area contributed by atoms with E-state index in [2.05, 4.69) is 5.32 Å². The Morgan fingerprint density at radius 3 is 2.10 bits per heavy atom. The highest BCUT2D eigenvalue weighted by atomic mass is 19.4. The van der Waals surface area contributed by atoms with E-state index < -0.39 is 45.4 Å². The standard InChI is InChI=1S/C18H15F6N3O4/c19-17(20,21)12-7-11(8-13(9-12)18(22,23)24)16(29)25-5-1-2-6-26-10-14(27(30)31)3-4-15(26)28/h3-4,7-10H,1-2,5-6H2,(H,25,29). The van der Waals surface area contributed by atoms with E-state index in [1.807, 2.05) is 0 Å². The molecular formula is C18H15F6N3O4. The van der Waals surface area contributed by atoms with Crippen molar-refractivity contribution in [3.63, 3.8) is 0 Å². The van der Waals surface area contributed by atoms with Gasteiger partial charge in [-0.25, -0.2) is 0 Å². The van der Waals surface area contributed by atoms with Gasteiger partial charge in [0.1, 0.15) is 0 Å². The molecule has 1 N–H and O–H groups in total. The number of halogens is 6. The van der Waals surface area contributed by atoms with Crippen LogP contribution in [0.15, 0.2) is 41.3 Å². The number of nitrogens with one attached hydrogen (secondary N) is 1. The lowest BCUT2D eigenvalue weighted by atomic mass is 10.0. The minimum Gasteiger partial charge on any atom is -0.352 e. The lowest BCUT2D eigenvalue weighted by Crippen LogP contribution is -2.26. The van der Waals surface area contributed by atoms with Gasteiger partial charge >= 0.3 is 12.4 Å². The van der Waals surface area contributed by atoms with E-state index in [9.17, 15) is 46.0 Å². The summed E-state index contributed by atoms with van der Waals surface area (Å²) in [5, 5.41) is 12.9.